The number of rotatable bonds is 4. The highest BCUT2D eigenvalue weighted by Gasteiger charge is 2.38. The molecule has 2 N–H and O–H groups in total. The summed E-state index contributed by atoms with van der Waals surface area (Å²) in [6.07, 6.45) is 7.50. The number of fused-ring (bicyclic) bond motifs is 1. The number of benzene rings is 1. The van der Waals surface area contributed by atoms with Gasteiger partial charge in [-0.05, 0) is 42.9 Å². The summed E-state index contributed by atoms with van der Waals surface area (Å²) < 4.78 is 1.63. The van der Waals surface area contributed by atoms with Crippen molar-refractivity contribution >= 4 is 24.0 Å². The minimum atomic E-state index is -0.190. The zero-order valence-corrected chi connectivity index (χ0v) is 16.1. The number of hydrogen-bond donors (Lipinski definition) is 2. The average molecular weight is 388 g/mol. The van der Waals surface area contributed by atoms with Gasteiger partial charge in [-0.2, -0.15) is 0 Å². The van der Waals surface area contributed by atoms with Gasteiger partial charge in [-0.15, -0.1) is 12.4 Å². The maximum absolute atomic E-state index is 12.7. The number of pyridine rings is 1. The van der Waals surface area contributed by atoms with E-state index in [0.29, 0.717) is 24.2 Å². The molecule has 1 aromatic carbocycles. The summed E-state index contributed by atoms with van der Waals surface area (Å²) in [6.45, 7) is 0.495. The van der Waals surface area contributed by atoms with Crippen LogP contribution in [-0.4, -0.2) is 22.6 Å². The molecule has 2 aliphatic rings. The van der Waals surface area contributed by atoms with Crippen molar-refractivity contribution in [1.29, 1.82) is 0 Å². The number of carbonyl (C=O) groups excluding carboxylic acids is 1. The Balaban J connectivity index is 0.00000210. The quantitative estimate of drug-likeness (QED) is 0.846. The predicted octanol–water partition coefficient (Wildman–Crippen LogP) is 3.18. The van der Waals surface area contributed by atoms with Crippen molar-refractivity contribution in [3.8, 4) is 0 Å². The summed E-state index contributed by atoms with van der Waals surface area (Å²) in [5.41, 5.74) is 1.24. The van der Waals surface area contributed by atoms with Gasteiger partial charge in [0.2, 0.25) is 5.91 Å². The van der Waals surface area contributed by atoms with E-state index in [0.717, 1.165) is 18.4 Å². The molecule has 27 heavy (non-hydrogen) atoms. The molecule has 3 unspecified atom stereocenters. The lowest BCUT2D eigenvalue weighted by molar-refractivity contribution is -0.117. The third-order valence-corrected chi connectivity index (χ3v) is 5.65. The zero-order chi connectivity index (χ0) is 17.9. The summed E-state index contributed by atoms with van der Waals surface area (Å²) in [5, 5.41) is 6.32. The number of carbonyl (C=O) groups is 1. The number of anilines is 1. The Morgan fingerprint density at radius 1 is 1.11 bits per heavy atom. The van der Waals surface area contributed by atoms with Gasteiger partial charge in [0.05, 0.1) is 12.6 Å². The van der Waals surface area contributed by atoms with Gasteiger partial charge in [-0.1, -0.05) is 43.2 Å². The van der Waals surface area contributed by atoms with Gasteiger partial charge in [-0.3, -0.25) is 9.59 Å². The first kappa shape index (κ1) is 19.6. The first-order chi connectivity index (χ1) is 12.7. The van der Waals surface area contributed by atoms with Crippen molar-refractivity contribution in [2.75, 3.05) is 5.32 Å². The summed E-state index contributed by atoms with van der Waals surface area (Å²) in [5.74, 6) is 0.513. The van der Waals surface area contributed by atoms with E-state index in [9.17, 15) is 9.59 Å². The van der Waals surface area contributed by atoms with Crippen molar-refractivity contribution in [1.82, 2.24) is 9.88 Å². The Morgan fingerprint density at radius 3 is 2.67 bits per heavy atom. The van der Waals surface area contributed by atoms with E-state index in [1.165, 1.54) is 19.3 Å². The van der Waals surface area contributed by atoms with Crippen LogP contribution in [0.3, 0.4) is 0 Å². The molecule has 2 heterocycles. The van der Waals surface area contributed by atoms with E-state index < -0.39 is 0 Å². The molecule has 3 atom stereocenters. The van der Waals surface area contributed by atoms with Crippen LogP contribution in [0.1, 0.15) is 37.7 Å². The van der Waals surface area contributed by atoms with Gasteiger partial charge in [-0.25, -0.2) is 0 Å². The summed E-state index contributed by atoms with van der Waals surface area (Å²) in [6, 6.07) is 13.6. The van der Waals surface area contributed by atoms with Crippen LogP contribution in [0.15, 0.2) is 53.5 Å². The molecule has 1 saturated carbocycles. The van der Waals surface area contributed by atoms with Crippen molar-refractivity contribution < 1.29 is 4.79 Å². The van der Waals surface area contributed by atoms with Crippen LogP contribution in [0.5, 0.6) is 0 Å². The van der Waals surface area contributed by atoms with E-state index in [-0.39, 0.29) is 29.9 Å². The van der Waals surface area contributed by atoms with Crippen molar-refractivity contribution in [2.45, 2.75) is 50.7 Å². The van der Waals surface area contributed by atoms with Gasteiger partial charge in [0.15, 0.2) is 0 Å². The Labute approximate surface area is 165 Å². The zero-order valence-electron chi connectivity index (χ0n) is 15.3. The van der Waals surface area contributed by atoms with Crippen LogP contribution >= 0.6 is 12.4 Å². The van der Waals surface area contributed by atoms with Crippen LogP contribution < -0.4 is 16.2 Å². The highest BCUT2D eigenvalue weighted by atomic mass is 35.5. The standard InChI is InChI=1S/C21H25N3O2.ClH/c25-20(19-13-16-9-4-5-10-17(16)22-19)23-18-11-6-12-24(21(18)26)14-15-7-2-1-3-8-15;/h1-3,6-8,11-12,16-17,19,22H,4-5,9-10,13-14H2,(H,23,25);1H. The van der Waals surface area contributed by atoms with Gasteiger partial charge in [0.25, 0.3) is 5.56 Å². The number of nitrogens with one attached hydrogen (secondary N) is 2. The first-order valence-corrected chi connectivity index (χ1v) is 9.51. The summed E-state index contributed by atoms with van der Waals surface area (Å²) in [4.78, 5) is 25.4. The lowest BCUT2D eigenvalue weighted by atomic mass is 9.85. The fourth-order valence-electron chi connectivity index (χ4n) is 4.28. The Bertz CT molecular complexity index is 823. The third-order valence-electron chi connectivity index (χ3n) is 5.65. The molecule has 144 valence electrons. The largest absolute Gasteiger partial charge is 0.320 e. The minimum Gasteiger partial charge on any atom is -0.320 e. The van der Waals surface area contributed by atoms with Crippen LogP contribution in [0, 0.1) is 5.92 Å². The summed E-state index contributed by atoms with van der Waals surface area (Å²) >= 11 is 0. The number of halogens is 1. The van der Waals surface area contributed by atoms with E-state index in [1.807, 2.05) is 36.4 Å². The molecule has 1 saturated heterocycles. The number of amides is 1. The van der Waals surface area contributed by atoms with E-state index in [2.05, 4.69) is 10.6 Å². The number of nitrogens with zero attached hydrogens (tertiary/aromatic N) is 1. The maximum atomic E-state index is 12.7. The van der Waals surface area contributed by atoms with Crippen LogP contribution in [0.2, 0.25) is 0 Å². The molecule has 2 fully saturated rings. The molecule has 4 rings (SSSR count). The summed E-state index contributed by atoms with van der Waals surface area (Å²) in [7, 11) is 0. The highest BCUT2D eigenvalue weighted by Crippen LogP contribution is 2.33. The van der Waals surface area contributed by atoms with Gasteiger partial charge >= 0.3 is 0 Å². The first-order valence-electron chi connectivity index (χ1n) is 9.51. The molecule has 1 aliphatic heterocycles. The van der Waals surface area contributed by atoms with Crippen molar-refractivity contribution in [3.05, 3.63) is 64.6 Å². The van der Waals surface area contributed by atoms with Crippen molar-refractivity contribution in [3.63, 3.8) is 0 Å². The normalized spacial score (nSPS) is 23.9. The maximum Gasteiger partial charge on any atom is 0.274 e. The molecular formula is C21H26ClN3O2. The second-order valence-electron chi connectivity index (χ2n) is 7.44. The van der Waals surface area contributed by atoms with Crippen LogP contribution in [0.4, 0.5) is 5.69 Å². The Morgan fingerprint density at radius 2 is 1.89 bits per heavy atom. The van der Waals surface area contributed by atoms with Gasteiger partial charge < -0.3 is 15.2 Å². The molecule has 1 aromatic heterocycles. The van der Waals surface area contributed by atoms with Crippen molar-refractivity contribution in [2.24, 2.45) is 5.92 Å². The topological polar surface area (TPSA) is 63.1 Å². The number of hydrogen-bond acceptors (Lipinski definition) is 3. The van der Waals surface area contributed by atoms with E-state index >= 15 is 0 Å². The van der Waals surface area contributed by atoms with Crippen LogP contribution in [-0.2, 0) is 11.3 Å². The van der Waals surface area contributed by atoms with Gasteiger partial charge in [0.1, 0.15) is 5.69 Å². The fourth-order valence-corrected chi connectivity index (χ4v) is 4.28. The van der Waals surface area contributed by atoms with Crippen LogP contribution in [0.25, 0.3) is 0 Å². The Hall–Kier alpha value is -2.11. The second kappa shape index (κ2) is 8.72. The average Bonchev–Trinajstić information content (AvgIpc) is 3.10. The minimum absolute atomic E-state index is 0. The van der Waals surface area contributed by atoms with E-state index in [1.54, 1.807) is 16.8 Å². The monoisotopic (exact) mass is 387 g/mol. The SMILES string of the molecule is Cl.O=C(Nc1cccn(Cc2ccccc2)c1=O)C1CC2CCCCC2N1. The molecule has 0 bridgehead atoms. The molecule has 5 nitrogen and oxygen atoms in total. The molecule has 6 heteroatoms. The smallest absolute Gasteiger partial charge is 0.274 e. The fraction of sp³-hybridized carbons (Fsp3) is 0.429. The molecule has 0 spiro atoms. The molecule has 0 radical (unpaired) electrons. The van der Waals surface area contributed by atoms with E-state index in [4.69, 9.17) is 0 Å². The molecule has 1 amide bonds. The van der Waals surface area contributed by atoms with Gasteiger partial charge in [0, 0.05) is 12.2 Å². The second-order valence-corrected chi connectivity index (χ2v) is 7.44. The lowest BCUT2D eigenvalue weighted by Crippen LogP contribution is -2.41. The highest BCUT2D eigenvalue weighted by molar-refractivity contribution is 5.94. The lowest BCUT2D eigenvalue weighted by Gasteiger charge is -2.24. The molecular weight excluding hydrogens is 362 g/mol. The molecule has 2 aromatic rings. The predicted molar refractivity (Wildman–Crippen MR) is 109 cm³/mol. The Kier molecular flexibility index (Phi) is 6.34. The third kappa shape index (κ3) is 4.42. The molecule has 1 aliphatic carbocycles. The number of aromatic nitrogens is 1.